The van der Waals surface area contributed by atoms with Gasteiger partial charge < -0.3 is 30.6 Å². The predicted molar refractivity (Wildman–Crippen MR) is 45.6 cm³/mol. The van der Waals surface area contributed by atoms with E-state index in [0.717, 1.165) is 0 Å². The minimum Gasteiger partial charge on any atom is -0.387 e. The Morgan fingerprint density at radius 2 is 1.27 bits per heavy atom. The van der Waals surface area contributed by atoms with E-state index in [0.29, 0.717) is 0 Å². The number of alkyl halides is 1. The average molecular weight is 226 g/mol. The lowest BCUT2D eigenvalue weighted by molar-refractivity contribution is -0.270. The van der Waals surface area contributed by atoms with Gasteiger partial charge in [-0.15, -0.1) is 0 Å². The second-order valence-electron chi connectivity index (χ2n) is 3.79. The van der Waals surface area contributed by atoms with Crippen LogP contribution >= 0.6 is 0 Å². The maximum Gasteiger partial charge on any atom is 0.124 e. The highest BCUT2D eigenvalue weighted by atomic mass is 19.1. The normalized spacial score (nSPS) is 51.8. The van der Waals surface area contributed by atoms with Gasteiger partial charge in [0.05, 0.1) is 6.67 Å². The molecule has 0 aromatic rings. The minimum atomic E-state index is -2.35. The first kappa shape index (κ1) is 12.8. The Morgan fingerprint density at radius 1 is 0.867 bits per heavy atom. The summed E-state index contributed by atoms with van der Waals surface area (Å²) < 4.78 is 12.1. The van der Waals surface area contributed by atoms with E-state index in [1.54, 1.807) is 0 Å². The molecule has 0 spiro atoms. The standard InChI is InChI=1S/C8H15FO6/c9-2-1-8(15)6(13)4(11)3(10)5(12)7(8)14/h3-7,10-15H,1-2H2/t3-,4-,5+,6+,7-,8+. The molecule has 0 aromatic heterocycles. The Labute approximate surface area is 85.2 Å². The van der Waals surface area contributed by atoms with Gasteiger partial charge in [-0.2, -0.15) is 0 Å². The van der Waals surface area contributed by atoms with Gasteiger partial charge in [-0.3, -0.25) is 4.39 Å². The molecule has 90 valence electrons. The molecule has 0 radical (unpaired) electrons. The molecule has 0 amide bonds. The van der Waals surface area contributed by atoms with Gasteiger partial charge in [0.25, 0.3) is 0 Å². The van der Waals surface area contributed by atoms with Crippen molar-refractivity contribution in [3.05, 3.63) is 0 Å². The maximum atomic E-state index is 12.1. The minimum absolute atomic E-state index is 0.643. The number of hydrogen-bond donors (Lipinski definition) is 6. The molecule has 6 nitrogen and oxygen atoms in total. The van der Waals surface area contributed by atoms with Crippen molar-refractivity contribution in [2.24, 2.45) is 0 Å². The lowest BCUT2D eigenvalue weighted by atomic mass is 9.73. The van der Waals surface area contributed by atoms with Gasteiger partial charge >= 0.3 is 0 Å². The van der Waals surface area contributed by atoms with Gasteiger partial charge in [-0.05, 0) is 0 Å². The van der Waals surface area contributed by atoms with Crippen LogP contribution in [0.4, 0.5) is 4.39 Å². The molecule has 15 heavy (non-hydrogen) atoms. The van der Waals surface area contributed by atoms with E-state index in [9.17, 15) is 29.9 Å². The Morgan fingerprint density at radius 3 is 1.60 bits per heavy atom. The Balaban J connectivity index is 2.95. The fraction of sp³-hybridized carbons (Fsp3) is 1.00. The lowest BCUT2D eigenvalue weighted by Crippen LogP contribution is -2.70. The van der Waals surface area contributed by atoms with Crippen LogP contribution in [0.25, 0.3) is 0 Å². The van der Waals surface area contributed by atoms with Crippen molar-refractivity contribution in [3.8, 4) is 0 Å². The summed E-state index contributed by atoms with van der Waals surface area (Å²) in [5, 5.41) is 56.1. The van der Waals surface area contributed by atoms with Crippen molar-refractivity contribution in [2.45, 2.75) is 42.5 Å². The summed E-state index contributed by atoms with van der Waals surface area (Å²) in [4.78, 5) is 0. The zero-order valence-electron chi connectivity index (χ0n) is 7.86. The van der Waals surface area contributed by atoms with Crippen LogP contribution in [-0.2, 0) is 0 Å². The quantitative estimate of drug-likeness (QED) is 0.296. The van der Waals surface area contributed by atoms with Crippen molar-refractivity contribution in [2.75, 3.05) is 6.67 Å². The Kier molecular flexibility index (Phi) is 3.64. The predicted octanol–water partition coefficient (Wildman–Crippen LogP) is -3.10. The van der Waals surface area contributed by atoms with Crippen LogP contribution in [0.15, 0.2) is 0 Å². The average Bonchev–Trinajstić information content (AvgIpc) is 2.22. The summed E-state index contributed by atoms with van der Waals surface area (Å²) in [6.45, 7) is -1.04. The summed E-state index contributed by atoms with van der Waals surface area (Å²) in [5.41, 5.74) is -2.35. The Bertz CT molecular complexity index is 209. The third-order valence-electron chi connectivity index (χ3n) is 2.87. The molecule has 1 saturated carbocycles. The molecule has 0 aromatic carbocycles. The highest BCUT2D eigenvalue weighted by molar-refractivity contribution is 5.08. The maximum absolute atomic E-state index is 12.1. The first-order valence-electron chi connectivity index (χ1n) is 4.55. The molecule has 1 aliphatic rings. The van der Waals surface area contributed by atoms with E-state index in [1.807, 2.05) is 0 Å². The molecular weight excluding hydrogens is 211 g/mol. The number of aliphatic hydroxyl groups excluding tert-OH is 5. The van der Waals surface area contributed by atoms with Gasteiger partial charge in [-0.25, -0.2) is 0 Å². The summed E-state index contributed by atoms with van der Waals surface area (Å²) in [6.07, 6.45) is -9.92. The van der Waals surface area contributed by atoms with E-state index in [1.165, 1.54) is 0 Å². The summed E-state index contributed by atoms with van der Waals surface area (Å²) in [6, 6.07) is 0. The first-order valence-corrected chi connectivity index (χ1v) is 4.55. The number of halogens is 1. The molecule has 0 unspecified atom stereocenters. The van der Waals surface area contributed by atoms with Crippen LogP contribution in [0.3, 0.4) is 0 Å². The molecular formula is C8H15FO6. The van der Waals surface area contributed by atoms with Crippen molar-refractivity contribution in [1.82, 2.24) is 0 Å². The molecule has 6 N–H and O–H groups in total. The first-order chi connectivity index (χ1) is 6.86. The molecule has 7 heteroatoms. The number of aliphatic hydroxyl groups is 6. The molecule has 1 aliphatic carbocycles. The lowest BCUT2D eigenvalue weighted by Gasteiger charge is -2.47. The van der Waals surface area contributed by atoms with E-state index < -0.39 is 49.2 Å². The largest absolute Gasteiger partial charge is 0.387 e. The third-order valence-corrected chi connectivity index (χ3v) is 2.87. The van der Waals surface area contributed by atoms with Crippen molar-refractivity contribution in [3.63, 3.8) is 0 Å². The molecule has 0 aliphatic heterocycles. The van der Waals surface area contributed by atoms with E-state index >= 15 is 0 Å². The van der Waals surface area contributed by atoms with Gasteiger partial charge in [0.2, 0.25) is 0 Å². The van der Waals surface area contributed by atoms with Crippen molar-refractivity contribution < 1.29 is 35.0 Å². The van der Waals surface area contributed by atoms with E-state index in [4.69, 9.17) is 5.11 Å². The van der Waals surface area contributed by atoms with Gasteiger partial charge in [-0.1, -0.05) is 0 Å². The van der Waals surface area contributed by atoms with Crippen molar-refractivity contribution >= 4 is 0 Å². The summed E-state index contributed by atoms with van der Waals surface area (Å²) in [5.74, 6) is 0. The van der Waals surface area contributed by atoms with Crippen molar-refractivity contribution in [1.29, 1.82) is 0 Å². The van der Waals surface area contributed by atoms with E-state index in [-0.39, 0.29) is 0 Å². The molecule has 1 fully saturated rings. The molecule has 0 saturated heterocycles. The molecule has 6 atom stereocenters. The Hall–Kier alpha value is -0.310. The molecule has 0 heterocycles. The van der Waals surface area contributed by atoms with Crippen LogP contribution in [0.2, 0.25) is 0 Å². The zero-order chi connectivity index (χ0) is 11.8. The van der Waals surface area contributed by atoms with Gasteiger partial charge in [0, 0.05) is 6.42 Å². The SMILES string of the molecule is O[C@@H]1[C@@H](O)[C@H](O)[C@@](O)(CCF)[C@H](O)[C@H]1O. The summed E-state index contributed by atoms with van der Waals surface area (Å²) in [7, 11) is 0. The second kappa shape index (κ2) is 4.28. The fourth-order valence-electron chi connectivity index (χ4n) is 1.79. The molecule has 0 bridgehead atoms. The fourth-order valence-corrected chi connectivity index (χ4v) is 1.79. The number of rotatable bonds is 2. The smallest absolute Gasteiger partial charge is 0.124 e. The summed E-state index contributed by atoms with van der Waals surface area (Å²) >= 11 is 0. The van der Waals surface area contributed by atoms with Crippen LogP contribution in [0.5, 0.6) is 0 Å². The monoisotopic (exact) mass is 226 g/mol. The topological polar surface area (TPSA) is 121 Å². The third kappa shape index (κ3) is 1.86. The number of hydrogen-bond acceptors (Lipinski definition) is 6. The highest BCUT2D eigenvalue weighted by Gasteiger charge is 2.57. The second-order valence-corrected chi connectivity index (χ2v) is 3.79. The zero-order valence-corrected chi connectivity index (χ0v) is 7.86. The molecule has 1 rings (SSSR count). The van der Waals surface area contributed by atoms with Crippen LogP contribution in [0.1, 0.15) is 6.42 Å². The van der Waals surface area contributed by atoms with Gasteiger partial charge in [0.1, 0.15) is 36.1 Å². The van der Waals surface area contributed by atoms with Crippen LogP contribution < -0.4 is 0 Å². The van der Waals surface area contributed by atoms with Crippen LogP contribution in [0, 0.1) is 0 Å². The van der Waals surface area contributed by atoms with E-state index in [2.05, 4.69) is 0 Å². The van der Waals surface area contributed by atoms with Crippen LogP contribution in [-0.4, -0.2) is 73.4 Å². The van der Waals surface area contributed by atoms with Gasteiger partial charge in [0.15, 0.2) is 0 Å². The highest BCUT2D eigenvalue weighted by Crippen LogP contribution is 2.32.